The summed E-state index contributed by atoms with van der Waals surface area (Å²) in [5.74, 6) is 0. The predicted octanol–water partition coefficient (Wildman–Crippen LogP) is 2.86. The number of nitrogens with zero attached hydrogens (tertiary/aromatic N) is 1. The number of aryl methyl sites for hydroxylation is 1. The second-order valence-electron chi connectivity index (χ2n) is 3.75. The molecule has 0 saturated heterocycles. The lowest BCUT2D eigenvalue weighted by atomic mass is 10.0. The number of benzene rings is 1. The second-order valence-corrected chi connectivity index (χ2v) is 3.75. The van der Waals surface area contributed by atoms with Crippen LogP contribution in [0.4, 0.5) is 13.2 Å². The molecule has 0 bridgehead atoms. The lowest BCUT2D eigenvalue weighted by Crippen LogP contribution is -2.04. The van der Waals surface area contributed by atoms with Crippen LogP contribution in [0.2, 0.25) is 0 Å². The Bertz CT molecular complexity index is 570. The molecule has 1 heterocycles. The maximum Gasteiger partial charge on any atom is 0.416 e. The number of H-pyrrole nitrogens is 1. The number of halogens is 3. The van der Waals surface area contributed by atoms with Gasteiger partial charge in [0.15, 0.2) is 0 Å². The zero-order valence-electron chi connectivity index (χ0n) is 9.30. The van der Waals surface area contributed by atoms with Crippen molar-refractivity contribution in [1.82, 2.24) is 10.2 Å². The first-order valence-electron chi connectivity index (χ1n) is 5.04. The Morgan fingerprint density at radius 1 is 1.22 bits per heavy atom. The summed E-state index contributed by atoms with van der Waals surface area (Å²) in [5, 5.41) is 6.31. The van der Waals surface area contributed by atoms with Crippen molar-refractivity contribution < 1.29 is 18.0 Å². The van der Waals surface area contributed by atoms with E-state index in [-0.39, 0.29) is 5.69 Å². The maximum atomic E-state index is 12.4. The van der Waals surface area contributed by atoms with Crippen LogP contribution in [0, 0.1) is 6.92 Å². The summed E-state index contributed by atoms with van der Waals surface area (Å²) in [4.78, 5) is 10.7. The van der Waals surface area contributed by atoms with Crippen molar-refractivity contribution in [2.45, 2.75) is 13.1 Å². The molecule has 2 rings (SSSR count). The highest BCUT2D eigenvalue weighted by molar-refractivity contribution is 5.86. The monoisotopic (exact) mass is 253 g/mol. The van der Waals surface area contributed by atoms with Gasteiger partial charge < -0.3 is 0 Å². The molecule has 0 fully saturated rings. The van der Waals surface area contributed by atoms with Crippen molar-refractivity contribution in [1.29, 1.82) is 0 Å². The second kappa shape index (κ2) is 4.29. The minimum Gasteiger partial charge on any atom is -0.283 e. The Kier molecular flexibility index (Phi) is 2.94. The van der Waals surface area contributed by atoms with Gasteiger partial charge >= 0.3 is 6.18 Å². The molecule has 6 heteroatoms. The minimum absolute atomic E-state index is 0.0623. The van der Waals surface area contributed by atoms with Crippen LogP contribution in [0.5, 0.6) is 0 Å². The van der Waals surface area contributed by atoms with Gasteiger partial charge in [-0.05, 0) is 24.6 Å². The molecule has 0 saturated carbocycles. The minimum atomic E-state index is -4.37. The van der Waals surface area contributed by atoms with E-state index in [9.17, 15) is 18.0 Å². The van der Waals surface area contributed by atoms with E-state index in [4.69, 9.17) is 0 Å². The summed E-state index contributed by atoms with van der Waals surface area (Å²) >= 11 is 0. The largest absolute Gasteiger partial charge is 0.416 e. The number of carbonyl (C=O) groups excluding carboxylic acids is 1. The van der Waals surface area contributed by atoms with E-state index in [1.165, 1.54) is 12.1 Å². The molecule has 1 aromatic heterocycles. The van der Waals surface area contributed by atoms with Gasteiger partial charge in [0, 0.05) is 11.3 Å². The lowest BCUT2D eigenvalue weighted by molar-refractivity contribution is -0.137. The van der Waals surface area contributed by atoms with Crippen LogP contribution in [0.1, 0.15) is 17.0 Å². The third-order valence-electron chi connectivity index (χ3n) is 2.54. The molecule has 2 aromatic rings. The van der Waals surface area contributed by atoms with Gasteiger partial charge in [-0.15, -0.1) is 0 Å². The van der Waals surface area contributed by atoms with Gasteiger partial charge in [-0.2, -0.15) is 18.3 Å². The molecular weight excluding hydrogens is 245 g/mol. The number of rotatable bonds is 2. The highest BCUT2D eigenvalue weighted by atomic mass is 19.4. The molecule has 93 valence electrons. The van der Waals surface area contributed by atoms with Crippen molar-refractivity contribution in [2.75, 3.05) is 0 Å². The van der Waals surface area contributed by atoms with Crippen molar-refractivity contribution in [3.8, 4) is 11.1 Å². The van der Waals surface area contributed by atoms with Crippen LogP contribution in [-0.2, 0) is 11.0 Å². The van der Waals surface area contributed by atoms with E-state index in [2.05, 4.69) is 10.2 Å². The summed E-state index contributed by atoms with van der Waals surface area (Å²) < 4.78 is 37.2. The Hall–Kier alpha value is -2.11. The van der Waals surface area contributed by atoms with Crippen molar-refractivity contribution in [3.63, 3.8) is 0 Å². The number of hydrogen-bond donors (Lipinski definition) is 1. The topological polar surface area (TPSA) is 45.8 Å². The van der Waals surface area contributed by atoms with Gasteiger partial charge in [0.25, 0.3) is 6.29 Å². The zero-order valence-corrected chi connectivity index (χ0v) is 9.30. The quantitative estimate of drug-likeness (QED) is 0.894. The average molecular weight is 253 g/mol. The van der Waals surface area contributed by atoms with Gasteiger partial charge in [-0.25, -0.2) is 0 Å². The fourth-order valence-electron chi connectivity index (χ4n) is 1.68. The summed E-state index contributed by atoms with van der Waals surface area (Å²) in [6, 6.07) is 4.55. The highest BCUT2D eigenvalue weighted by Crippen LogP contribution is 2.32. The molecule has 18 heavy (non-hydrogen) atoms. The van der Waals surface area contributed by atoms with E-state index in [1.807, 2.05) is 0 Å². The van der Waals surface area contributed by atoms with Gasteiger partial charge in [-0.3, -0.25) is 9.89 Å². The Balaban J connectivity index is 2.46. The van der Waals surface area contributed by atoms with Gasteiger partial charge in [0.1, 0.15) is 5.69 Å². The first kappa shape index (κ1) is 12.3. The third kappa shape index (κ3) is 2.13. The summed E-state index contributed by atoms with van der Waals surface area (Å²) in [7, 11) is 0. The molecule has 0 unspecified atom stereocenters. The van der Waals surface area contributed by atoms with Gasteiger partial charge in [0.2, 0.25) is 0 Å². The molecule has 0 aliphatic rings. The van der Waals surface area contributed by atoms with Gasteiger partial charge in [-0.1, -0.05) is 12.1 Å². The van der Waals surface area contributed by atoms with E-state index in [1.54, 1.807) is 13.2 Å². The highest BCUT2D eigenvalue weighted by Gasteiger charge is 2.30. The first-order valence-corrected chi connectivity index (χ1v) is 5.04. The zero-order chi connectivity index (χ0) is 13.3. The lowest BCUT2D eigenvalue weighted by Gasteiger charge is -2.07. The van der Waals surface area contributed by atoms with Crippen LogP contribution in [0.25, 0.3) is 11.1 Å². The summed E-state index contributed by atoms with van der Waals surface area (Å²) in [5.41, 5.74) is 0.899. The van der Waals surface area contributed by atoms with E-state index in [0.29, 0.717) is 16.8 Å². The van der Waals surface area contributed by atoms with Crippen LogP contribution < -0.4 is 0 Å². The number of aromatic nitrogens is 2. The van der Waals surface area contributed by atoms with Crippen LogP contribution in [-0.4, -0.2) is 16.5 Å². The standard InChI is InChI=1S/C12H8F3N2O/c1-7-11(10(6-18)17-16-7)8-2-4-9(5-3-8)12(13,14)15/h2-5H,1H3,(H,16,17). The maximum absolute atomic E-state index is 12.4. The molecule has 0 amide bonds. The number of hydrogen-bond acceptors (Lipinski definition) is 2. The van der Waals surface area contributed by atoms with E-state index in [0.717, 1.165) is 12.1 Å². The summed E-state index contributed by atoms with van der Waals surface area (Å²) in [6.45, 7) is 1.68. The van der Waals surface area contributed by atoms with Crippen molar-refractivity contribution in [3.05, 3.63) is 41.2 Å². The van der Waals surface area contributed by atoms with Crippen LogP contribution in [0.3, 0.4) is 0 Å². The molecule has 0 atom stereocenters. The molecule has 1 aromatic carbocycles. The normalized spacial score (nSPS) is 11.6. The van der Waals surface area contributed by atoms with Crippen molar-refractivity contribution in [2.24, 2.45) is 0 Å². The third-order valence-corrected chi connectivity index (χ3v) is 2.54. The van der Waals surface area contributed by atoms with E-state index >= 15 is 0 Å². The molecule has 1 radical (unpaired) electrons. The molecule has 3 nitrogen and oxygen atoms in total. The van der Waals surface area contributed by atoms with Crippen molar-refractivity contribution >= 4 is 6.29 Å². The fraction of sp³-hybridized carbons (Fsp3) is 0.167. The summed E-state index contributed by atoms with van der Waals surface area (Å²) in [6.07, 6.45) is -2.73. The molecule has 0 aliphatic heterocycles. The van der Waals surface area contributed by atoms with Crippen LogP contribution in [0.15, 0.2) is 24.3 Å². The Labute approximate surface area is 101 Å². The number of nitrogens with one attached hydrogen (secondary N) is 1. The molecule has 1 N–H and O–H groups in total. The molecular formula is C12H8F3N2O. The van der Waals surface area contributed by atoms with Gasteiger partial charge in [0.05, 0.1) is 5.56 Å². The molecule has 0 spiro atoms. The Morgan fingerprint density at radius 3 is 2.33 bits per heavy atom. The van der Waals surface area contributed by atoms with E-state index < -0.39 is 11.7 Å². The Morgan fingerprint density at radius 2 is 1.83 bits per heavy atom. The first-order chi connectivity index (χ1) is 8.43. The SMILES string of the molecule is Cc1[nH]nc([C]=O)c1-c1ccc(C(F)(F)F)cc1. The van der Waals surface area contributed by atoms with Crippen LogP contribution >= 0.6 is 0 Å². The smallest absolute Gasteiger partial charge is 0.283 e. The number of aromatic amines is 1. The average Bonchev–Trinajstić information content (AvgIpc) is 2.69. The fourth-order valence-corrected chi connectivity index (χ4v) is 1.68. The molecule has 0 aliphatic carbocycles. The number of alkyl halides is 3. The predicted molar refractivity (Wildman–Crippen MR) is 58.6 cm³/mol.